The highest BCUT2D eigenvalue weighted by atomic mass is 32.2. The minimum absolute atomic E-state index is 0.0700. The molecule has 0 aromatic carbocycles. The van der Waals surface area contributed by atoms with Crippen LogP contribution < -0.4 is 0 Å². The Labute approximate surface area is 132 Å². The van der Waals surface area contributed by atoms with Gasteiger partial charge < -0.3 is 4.52 Å². The molecule has 3 heterocycles. The summed E-state index contributed by atoms with van der Waals surface area (Å²) in [4.78, 5) is 2.46. The fourth-order valence-electron chi connectivity index (χ4n) is 3.69. The van der Waals surface area contributed by atoms with E-state index in [0.717, 1.165) is 19.5 Å². The van der Waals surface area contributed by atoms with Crippen molar-refractivity contribution in [2.45, 2.75) is 50.9 Å². The zero-order valence-electron chi connectivity index (χ0n) is 13.3. The molecule has 0 bridgehead atoms. The SMILES string of the molecule is CC(C)C1CC(N2CCCC2)CN1S(=O)(=O)Cc1ccon1. The van der Waals surface area contributed by atoms with Gasteiger partial charge in [-0.2, -0.15) is 4.31 Å². The zero-order chi connectivity index (χ0) is 15.7. The summed E-state index contributed by atoms with van der Waals surface area (Å²) < 4.78 is 32.1. The molecule has 1 aromatic rings. The Morgan fingerprint density at radius 3 is 2.68 bits per heavy atom. The third-order valence-electron chi connectivity index (χ3n) is 4.88. The van der Waals surface area contributed by atoms with Crippen LogP contribution >= 0.6 is 0 Å². The quantitative estimate of drug-likeness (QED) is 0.823. The first-order chi connectivity index (χ1) is 10.5. The smallest absolute Gasteiger partial charge is 0.220 e. The normalized spacial score (nSPS) is 28.0. The molecule has 0 spiro atoms. The second-order valence-electron chi connectivity index (χ2n) is 6.76. The molecule has 124 valence electrons. The summed E-state index contributed by atoms with van der Waals surface area (Å²) in [5, 5.41) is 3.75. The van der Waals surface area contributed by atoms with Crippen molar-refractivity contribution in [3.63, 3.8) is 0 Å². The Morgan fingerprint density at radius 2 is 2.09 bits per heavy atom. The van der Waals surface area contributed by atoms with Crippen LogP contribution in [0.4, 0.5) is 0 Å². The van der Waals surface area contributed by atoms with Gasteiger partial charge in [0.15, 0.2) is 0 Å². The second kappa shape index (κ2) is 6.29. The first-order valence-electron chi connectivity index (χ1n) is 8.10. The molecule has 2 atom stereocenters. The lowest BCUT2D eigenvalue weighted by atomic mass is 10.0. The van der Waals surface area contributed by atoms with E-state index in [1.165, 1.54) is 19.1 Å². The number of nitrogens with zero attached hydrogens (tertiary/aromatic N) is 3. The number of hydrogen-bond donors (Lipinski definition) is 0. The lowest BCUT2D eigenvalue weighted by Gasteiger charge is -2.26. The largest absolute Gasteiger partial charge is 0.364 e. The molecule has 2 unspecified atom stereocenters. The maximum absolute atomic E-state index is 12.8. The number of likely N-dealkylation sites (tertiary alicyclic amines) is 1. The summed E-state index contributed by atoms with van der Waals surface area (Å²) in [6.45, 7) is 7.04. The molecule has 2 fully saturated rings. The highest BCUT2D eigenvalue weighted by molar-refractivity contribution is 7.88. The van der Waals surface area contributed by atoms with Crippen molar-refractivity contribution in [1.29, 1.82) is 0 Å². The van der Waals surface area contributed by atoms with Gasteiger partial charge in [0.2, 0.25) is 10.0 Å². The molecular weight excluding hydrogens is 302 g/mol. The summed E-state index contributed by atoms with van der Waals surface area (Å²) in [5.41, 5.74) is 0.479. The van der Waals surface area contributed by atoms with Crippen LogP contribution in [0.3, 0.4) is 0 Å². The molecule has 0 amide bonds. The van der Waals surface area contributed by atoms with Crippen LogP contribution in [-0.4, -0.2) is 54.5 Å². The van der Waals surface area contributed by atoms with Crippen molar-refractivity contribution < 1.29 is 12.9 Å². The fraction of sp³-hybridized carbons (Fsp3) is 0.800. The molecule has 0 N–H and O–H groups in total. The molecule has 0 aliphatic carbocycles. The van der Waals surface area contributed by atoms with Gasteiger partial charge in [-0.3, -0.25) is 4.90 Å². The van der Waals surface area contributed by atoms with Crippen molar-refractivity contribution in [2.75, 3.05) is 19.6 Å². The molecule has 7 heteroatoms. The highest BCUT2D eigenvalue weighted by Crippen LogP contribution is 2.32. The number of sulfonamides is 1. The molecule has 22 heavy (non-hydrogen) atoms. The van der Waals surface area contributed by atoms with E-state index < -0.39 is 10.0 Å². The lowest BCUT2D eigenvalue weighted by molar-refractivity contribution is 0.250. The standard InChI is InChI=1S/C15H25N3O3S/c1-12(2)15-9-14(17-6-3-4-7-17)10-18(15)22(19,20)11-13-5-8-21-16-13/h5,8,12,14-15H,3-4,6-7,9-11H2,1-2H3. The average Bonchev–Trinajstić information content (AvgIpc) is 3.19. The molecule has 2 aliphatic heterocycles. The molecule has 0 saturated carbocycles. The van der Waals surface area contributed by atoms with Crippen molar-refractivity contribution in [3.8, 4) is 0 Å². The van der Waals surface area contributed by atoms with E-state index in [1.54, 1.807) is 10.4 Å². The van der Waals surface area contributed by atoms with E-state index in [0.29, 0.717) is 24.2 Å². The topological polar surface area (TPSA) is 66.7 Å². The predicted molar refractivity (Wildman–Crippen MR) is 83.7 cm³/mol. The zero-order valence-corrected chi connectivity index (χ0v) is 14.1. The Balaban J connectivity index is 1.77. The van der Waals surface area contributed by atoms with Crippen LogP contribution in [0.2, 0.25) is 0 Å². The molecular formula is C15H25N3O3S. The van der Waals surface area contributed by atoms with Crippen molar-refractivity contribution >= 4 is 10.0 Å². The number of rotatable bonds is 5. The number of hydrogen-bond acceptors (Lipinski definition) is 5. The van der Waals surface area contributed by atoms with Gasteiger partial charge in [0.1, 0.15) is 12.0 Å². The third-order valence-corrected chi connectivity index (χ3v) is 6.67. The minimum atomic E-state index is -3.36. The summed E-state index contributed by atoms with van der Waals surface area (Å²) in [6, 6.07) is 2.07. The first-order valence-corrected chi connectivity index (χ1v) is 9.71. The Kier molecular flexibility index (Phi) is 4.56. The molecule has 2 aliphatic rings. The van der Waals surface area contributed by atoms with Gasteiger partial charge in [0.05, 0.1) is 5.69 Å². The van der Waals surface area contributed by atoms with Gasteiger partial charge in [-0.05, 0) is 38.3 Å². The summed E-state index contributed by atoms with van der Waals surface area (Å²) in [5.74, 6) is 0.249. The first kappa shape index (κ1) is 16.0. The van der Waals surface area contributed by atoms with Gasteiger partial charge in [-0.25, -0.2) is 8.42 Å². The van der Waals surface area contributed by atoms with Gasteiger partial charge in [0.25, 0.3) is 0 Å². The van der Waals surface area contributed by atoms with Gasteiger partial charge >= 0.3 is 0 Å². The molecule has 2 saturated heterocycles. The van der Waals surface area contributed by atoms with Crippen LogP contribution in [-0.2, 0) is 15.8 Å². The van der Waals surface area contributed by atoms with Crippen LogP contribution in [0, 0.1) is 5.92 Å². The third kappa shape index (κ3) is 3.21. The van der Waals surface area contributed by atoms with E-state index in [1.807, 2.05) is 0 Å². The van der Waals surface area contributed by atoms with Gasteiger partial charge in [-0.15, -0.1) is 0 Å². The van der Waals surface area contributed by atoms with E-state index >= 15 is 0 Å². The maximum atomic E-state index is 12.8. The van der Waals surface area contributed by atoms with E-state index in [2.05, 4.69) is 23.9 Å². The lowest BCUT2D eigenvalue weighted by Crippen LogP contribution is -2.40. The van der Waals surface area contributed by atoms with Crippen LogP contribution in [0.15, 0.2) is 16.9 Å². The van der Waals surface area contributed by atoms with Crippen LogP contribution in [0.5, 0.6) is 0 Å². The summed E-state index contributed by atoms with van der Waals surface area (Å²) >= 11 is 0. The maximum Gasteiger partial charge on any atom is 0.220 e. The average molecular weight is 327 g/mol. The van der Waals surface area contributed by atoms with Gasteiger partial charge in [-0.1, -0.05) is 19.0 Å². The Morgan fingerprint density at radius 1 is 1.36 bits per heavy atom. The predicted octanol–water partition coefficient (Wildman–Crippen LogP) is 1.70. The second-order valence-corrected chi connectivity index (χ2v) is 8.68. The molecule has 6 nitrogen and oxygen atoms in total. The molecule has 1 aromatic heterocycles. The summed E-state index contributed by atoms with van der Waals surface area (Å²) in [6.07, 6.45) is 4.82. The fourth-order valence-corrected chi connectivity index (χ4v) is 5.52. The van der Waals surface area contributed by atoms with Crippen molar-refractivity contribution in [2.24, 2.45) is 5.92 Å². The summed E-state index contributed by atoms with van der Waals surface area (Å²) in [7, 11) is -3.36. The Bertz CT molecular complexity index is 579. The van der Waals surface area contributed by atoms with Crippen molar-refractivity contribution in [1.82, 2.24) is 14.4 Å². The van der Waals surface area contributed by atoms with Crippen molar-refractivity contribution in [3.05, 3.63) is 18.0 Å². The number of aromatic nitrogens is 1. The van der Waals surface area contributed by atoms with Crippen LogP contribution in [0.1, 0.15) is 38.8 Å². The van der Waals surface area contributed by atoms with E-state index in [-0.39, 0.29) is 11.8 Å². The highest BCUT2D eigenvalue weighted by Gasteiger charge is 2.43. The monoisotopic (exact) mass is 327 g/mol. The van der Waals surface area contributed by atoms with E-state index in [9.17, 15) is 8.42 Å². The molecule has 3 rings (SSSR count). The van der Waals surface area contributed by atoms with Gasteiger partial charge in [0, 0.05) is 24.7 Å². The molecule has 0 radical (unpaired) electrons. The minimum Gasteiger partial charge on any atom is -0.364 e. The Hall–Kier alpha value is -0.920. The van der Waals surface area contributed by atoms with E-state index in [4.69, 9.17) is 4.52 Å². The van der Waals surface area contributed by atoms with Crippen LogP contribution in [0.25, 0.3) is 0 Å².